The Hall–Kier alpha value is -4.45. The lowest BCUT2D eigenvalue weighted by Gasteiger charge is -2.19. The van der Waals surface area contributed by atoms with E-state index in [1.165, 1.54) is 18.3 Å². The largest absolute Gasteiger partial charge is 0.618 e. The van der Waals surface area contributed by atoms with Crippen molar-refractivity contribution in [3.63, 3.8) is 0 Å². The van der Waals surface area contributed by atoms with Gasteiger partial charge in [-0.05, 0) is 34.5 Å². The Bertz CT molecular complexity index is 1570. The third kappa shape index (κ3) is 3.61. The summed E-state index contributed by atoms with van der Waals surface area (Å²) in [5, 5.41) is 25.5. The Morgan fingerprint density at radius 3 is 2.42 bits per heavy atom. The minimum absolute atomic E-state index is 0.00761. The lowest BCUT2D eigenvalue weighted by atomic mass is 9.83. The minimum atomic E-state index is -0.829. The number of nitrogens with zero attached hydrogens (tertiary/aromatic N) is 1. The van der Waals surface area contributed by atoms with Gasteiger partial charge in [0.2, 0.25) is 5.78 Å². The van der Waals surface area contributed by atoms with Gasteiger partial charge in [0.15, 0.2) is 6.20 Å². The number of aromatic hydroxyl groups is 1. The highest BCUT2D eigenvalue weighted by atomic mass is 16.5. The summed E-state index contributed by atoms with van der Waals surface area (Å²) in [5.41, 5.74) is 0.180. The van der Waals surface area contributed by atoms with Gasteiger partial charge in [-0.1, -0.05) is 54.6 Å². The predicted octanol–water partition coefficient (Wildman–Crippen LogP) is 4.69. The number of aromatic nitrogens is 1. The van der Waals surface area contributed by atoms with Crippen LogP contribution in [0, 0.1) is 5.21 Å². The van der Waals surface area contributed by atoms with Crippen LogP contribution in [0.4, 0.5) is 0 Å². The molecular weight excluding hydrogens is 418 g/mol. The Kier molecular flexibility index (Phi) is 5.11. The number of carbonyl (C=O) groups is 1. The number of ketones is 1. The second-order valence-corrected chi connectivity index (χ2v) is 7.81. The molecule has 2 aromatic heterocycles. The van der Waals surface area contributed by atoms with Crippen molar-refractivity contribution in [1.29, 1.82) is 0 Å². The smallest absolute Gasteiger partial charge is 0.343 e. The first-order chi connectivity index (χ1) is 16.0. The third-order valence-electron chi connectivity index (χ3n) is 5.87. The summed E-state index contributed by atoms with van der Waals surface area (Å²) in [4.78, 5) is 26.3. The highest BCUT2D eigenvalue weighted by molar-refractivity contribution is 5.95. The molecule has 6 nitrogen and oxygen atoms in total. The second-order valence-electron chi connectivity index (χ2n) is 7.81. The Morgan fingerprint density at radius 1 is 0.909 bits per heavy atom. The highest BCUT2D eigenvalue weighted by Crippen LogP contribution is 2.39. The maximum absolute atomic E-state index is 13.2. The van der Waals surface area contributed by atoms with E-state index < -0.39 is 17.3 Å². The molecule has 5 rings (SSSR count). The van der Waals surface area contributed by atoms with Gasteiger partial charge in [-0.25, -0.2) is 4.79 Å². The molecule has 0 unspecified atom stereocenters. The second kappa shape index (κ2) is 8.24. The van der Waals surface area contributed by atoms with Crippen LogP contribution in [0.15, 0.2) is 100 Å². The predicted molar refractivity (Wildman–Crippen MR) is 124 cm³/mol. The maximum atomic E-state index is 13.2. The number of Topliss-reactive ketones (excluding diaryl/α,β-unsaturated/α-hetero) is 1. The molecule has 0 amide bonds. The van der Waals surface area contributed by atoms with Gasteiger partial charge in [0.05, 0.1) is 10.9 Å². The quantitative estimate of drug-likeness (QED) is 0.186. The lowest BCUT2D eigenvalue weighted by Crippen LogP contribution is -2.34. The summed E-state index contributed by atoms with van der Waals surface area (Å²) < 4.78 is 6.01. The number of benzene rings is 3. The molecule has 0 aliphatic heterocycles. The van der Waals surface area contributed by atoms with E-state index in [0.717, 1.165) is 10.8 Å². The van der Waals surface area contributed by atoms with Crippen LogP contribution in [0.3, 0.4) is 0 Å². The van der Waals surface area contributed by atoms with Crippen LogP contribution in [0.25, 0.3) is 21.7 Å². The van der Waals surface area contributed by atoms with Crippen molar-refractivity contribution in [1.82, 2.24) is 0 Å². The molecule has 1 N–H and O–H groups in total. The summed E-state index contributed by atoms with van der Waals surface area (Å²) in [6, 6.07) is 24.5. The number of fused-ring (bicyclic) bond motifs is 2. The normalized spacial score (nSPS) is 12.1. The SMILES string of the molecule is O=C(C[C@@H](c1c(O)c2ccccc2oc1=O)c1cccc2ccccc12)c1cccc[n+]1[O-]. The summed E-state index contributed by atoms with van der Waals surface area (Å²) in [5.74, 6) is -1.50. The average Bonchev–Trinajstić information content (AvgIpc) is 2.83. The molecule has 1 atom stereocenters. The van der Waals surface area contributed by atoms with Crippen LogP contribution in [-0.4, -0.2) is 10.9 Å². The molecule has 6 heteroatoms. The molecule has 0 saturated carbocycles. The van der Waals surface area contributed by atoms with E-state index in [1.807, 2.05) is 42.5 Å². The van der Waals surface area contributed by atoms with Crippen LogP contribution in [-0.2, 0) is 0 Å². The summed E-state index contributed by atoms with van der Waals surface area (Å²) in [7, 11) is 0. The van der Waals surface area contributed by atoms with Crippen LogP contribution in [0.5, 0.6) is 5.75 Å². The first-order valence-electron chi connectivity index (χ1n) is 10.5. The fraction of sp³-hybridized carbons (Fsp3) is 0.0741. The first-order valence-corrected chi connectivity index (χ1v) is 10.5. The average molecular weight is 437 g/mol. The summed E-state index contributed by atoms with van der Waals surface area (Å²) in [6.45, 7) is 0. The van der Waals surface area contributed by atoms with E-state index in [4.69, 9.17) is 4.42 Å². The fourth-order valence-corrected chi connectivity index (χ4v) is 4.31. The van der Waals surface area contributed by atoms with Gasteiger partial charge in [0.25, 0.3) is 5.69 Å². The van der Waals surface area contributed by atoms with Crippen molar-refractivity contribution in [2.75, 3.05) is 0 Å². The van der Waals surface area contributed by atoms with Crippen molar-refractivity contribution in [3.05, 3.63) is 124 Å². The molecular formula is C27H19NO5. The van der Waals surface area contributed by atoms with Gasteiger partial charge in [-0.2, -0.15) is 4.73 Å². The molecule has 5 aromatic rings. The van der Waals surface area contributed by atoms with E-state index in [9.17, 15) is 19.9 Å². The highest BCUT2D eigenvalue weighted by Gasteiger charge is 2.30. The fourth-order valence-electron chi connectivity index (χ4n) is 4.31. The molecule has 162 valence electrons. The van der Waals surface area contributed by atoms with Gasteiger partial charge < -0.3 is 14.7 Å². The van der Waals surface area contributed by atoms with Gasteiger partial charge in [-0.3, -0.25) is 4.79 Å². The van der Waals surface area contributed by atoms with Crippen LogP contribution in [0.2, 0.25) is 0 Å². The topological polar surface area (TPSA) is 94.4 Å². The van der Waals surface area contributed by atoms with E-state index >= 15 is 0 Å². The molecule has 0 saturated heterocycles. The molecule has 0 radical (unpaired) electrons. The van der Waals surface area contributed by atoms with E-state index in [0.29, 0.717) is 15.7 Å². The zero-order chi connectivity index (χ0) is 22.9. The Morgan fingerprint density at radius 2 is 1.61 bits per heavy atom. The molecule has 0 bridgehead atoms. The summed E-state index contributed by atoms with van der Waals surface area (Å²) >= 11 is 0. The first kappa shape index (κ1) is 20.5. The number of hydrogen-bond acceptors (Lipinski definition) is 5. The number of para-hydroxylation sites is 1. The van der Waals surface area contributed by atoms with Crippen LogP contribution < -0.4 is 10.4 Å². The van der Waals surface area contributed by atoms with Gasteiger partial charge >= 0.3 is 5.63 Å². The zero-order valence-electron chi connectivity index (χ0n) is 17.5. The Balaban J connectivity index is 1.75. The monoisotopic (exact) mass is 437 g/mol. The molecule has 3 aromatic carbocycles. The number of hydrogen-bond donors (Lipinski definition) is 1. The molecule has 0 aliphatic rings. The van der Waals surface area contributed by atoms with Crippen molar-refractivity contribution in [3.8, 4) is 5.75 Å². The Labute approximate surface area is 188 Å². The van der Waals surface area contributed by atoms with E-state index in [1.54, 1.807) is 30.3 Å². The summed E-state index contributed by atoms with van der Waals surface area (Å²) in [6.07, 6.45) is 1.05. The molecule has 2 heterocycles. The number of carbonyl (C=O) groups excluding carboxylic acids is 1. The number of pyridine rings is 1. The molecule has 33 heavy (non-hydrogen) atoms. The maximum Gasteiger partial charge on any atom is 0.343 e. The van der Waals surface area contributed by atoms with Crippen molar-refractivity contribution in [2.24, 2.45) is 0 Å². The van der Waals surface area contributed by atoms with Crippen LogP contribution in [0.1, 0.15) is 34.0 Å². The van der Waals surface area contributed by atoms with Crippen molar-refractivity contribution >= 4 is 27.5 Å². The minimum Gasteiger partial charge on any atom is -0.618 e. The lowest BCUT2D eigenvalue weighted by molar-refractivity contribution is -0.607. The molecule has 0 fully saturated rings. The van der Waals surface area contributed by atoms with Crippen molar-refractivity contribution < 1.29 is 19.0 Å². The van der Waals surface area contributed by atoms with E-state index in [-0.39, 0.29) is 29.0 Å². The standard InChI is InChI=1S/C27H19NO5/c29-23(22-13-5-6-15-28(22)32)16-21(19-12-7-9-17-8-1-2-10-18(17)19)25-26(30)20-11-3-4-14-24(20)33-27(25)31/h1-15,21,30H,16H2/t21-/m1/s1. The van der Waals surface area contributed by atoms with Crippen molar-refractivity contribution in [2.45, 2.75) is 12.3 Å². The van der Waals surface area contributed by atoms with Crippen LogP contribution >= 0.6 is 0 Å². The zero-order valence-corrected chi connectivity index (χ0v) is 17.5. The number of rotatable bonds is 5. The molecule has 0 spiro atoms. The third-order valence-corrected chi connectivity index (χ3v) is 5.87. The van der Waals surface area contributed by atoms with Gasteiger partial charge in [0.1, 0.15) is 11.3 Å². The van der Waals surface area contributed by atoms with E-state index in [2.05, 4.69) is 0 Å². The van der Waals surface area contributed by atoms with Gasteiger partial charge in [0, 0.05) is 24.5 Å². The van der Waals surface area contributed by atoms with Gasteiger partial charge in [-0.15, -0.1) is 0 Å². The molecule has 0 aliphatic carbocycles.